The number of hydrogen-bond acceptors (Lipinski definition) is 3. The highest BCUT2D eigenvalue weighted by Gasteiger charge is 2.18. The summed E-state index contributed by atoms with van der Waals surface area (Å²) in [7, 11) is 1.60. The normalized spacial score (nSPS) is 17.8. The molecule has 1 aromatic carbocycles. The van der Waals surface area contributed by atoms with E-state index in [2.05, 4.69) is 16.0 Å². The lowest BCUT2D eigenvalue weighted by Gasteiger charge is -2.12. The number of rotatable bonds is 4. The summed E-state index contributed by atoms with van der Waals surface area (Å²) < 4.78 is 0. The number of nitrogens with one attached hydrogen (secondary N) is 3. The summed E-state index contributed by atoms with van der Waals surface area (Å²) >= 11 is 0. The number of amides is 2. The fourth-order valence-electron chi connectivity index (χ4n) is 2.44. The second-order valence-electron chi connectivity index (χ2n) is 5.22. The van der Waals surface area contributed by atoms with Crippen molar-refractivity contribution < 1.29 is 9.59 Å². The Morgan fingerprint density at radius 2 is 2.20 bits per heavy atom. The molecule has 1 fully saturated rings. The maximum atomic E-state index is 12.0. The summed E-state index contributed by atoms with van der Waals surface area (Å²) in [5, 5.41) is 8.76. The Bertz CT molecular complexity index is 508. The molecule has 3 N–H and O–H groups in total. The third-order valence-electron chi connectivity index (χ3n) is 3.63. The van der Waals surface area contributed by atoms with E-state index in [4.69, 9.17) is 0 Å². The lowest BCUT2D eigenvalue weighted by Crippen LogP contribution is -2.20. The molecule has 5 nitrogen and oxygen atoms in total. The predicted octanol–water partition coefficient (Wildman–Crippen LogP) is 1.29. The van der Waals surface area contributed by atoms with Crippen molar-refractivity contribution in [1.29, 1.82) is 0 Å². The Hall–Kier alpha value is -1.88. The largest absolute Gasteiger partial charge is 0.355 e. The Balaban J connectivity index is 1.98. The highest BCUT2D eigenvalue weighted by molar-refractivity contribution is 5.96. The molecule has 1 aromatic rings. The first kappa shape index (κ1) is 14.5. The average Bonchev–Trinajstić information content (AvgIpc) is 2.93. The van der Waals surface area contributed by atoms with Crippen LogP contribution in [0.5, 0.6) is 0 Å². The van der Waals surface area contributed by atoms with E-state index in [1.807, 2.05) is 6.92 Å². The van der Waals surface area contributed by atoms with Gasteiger partial charge in [-0.1, -0.05) is 0 Å². The van der Waals surface area contributed by atoms with Crippen LogP contribution >= 0.6 is 0 Å². The van der Waals surface area contributed by atoms with Gasteiger partial charge in [-0.3, -0.25) is 9.59 Å². The van der Waals surface area contributed by atoms with E-state index in [0.717, 1.165) is 30.8 Å². The van der Waals surface area contributed by atoms with Crippen molar-refractivity contribution in [2.45, 2.75) is 19.8 Å². The van der Waals surface area contributed by atoms with Crippen LogP contribution in [-0.2, 0) is 4.79 Å². The molecule has 2 amide bonds. The van der Waals surface area contributed by atoms with Crippen LogP contribution in [-0.4, -0.2) is 32.0 Å². The number of hydrogen-bond donors (Lipinski definition) is 3. The minimum atomic E-state index is -0.122. The van der Waals surface area contributed by atoms with Gasteiger partial charge in [0, 0.05) is 24.7 Å². The Kier molecular flexibility index (Phi) is 4.74. The standard InChI is InChI=1S/C15H21N3O2/c1-10-7-12(15(20)16-2)3-4-13(10)18-14(19)8-11-5-6-17-9-11/h3-4,7,11,17H,5-6,8-9H2,1-2H3,(H,16,20)(H,18,19). The van der Waals surface area contributed by atoms with Gasteiger partial charge in [0.2, 0.25) is 5.91 Å². The van der Waals surface area contributed by atoms with E-state index in [1.165, 1.54) is 0 Å². The first-order valence-corrected chi connectivity index (χ1v) is 6.93. The first-order chi connectivity index (χ1) is 9.60. The van der Waals surface area contributed by atoms with Crippen molar-refractivity contribution in [3.8, 4) is 0 Å². The smallest absolute Gasteiger partial charge is 0.251 e. The predicted molar refractivity (Wildman–Crippen MR) is 78.8 cm³/mol. The SMILES string of the molecule is CNC(=O)c1ccc(NC(=O)CC2CCNC2)c(C)c1. The maximum absolute atomic E-state index is 12.0. The zero-order valence-corrected chi connectivity index (χ0v) is 12.0. The van der Waals surface area contributed by atoms with Crippen LogP contribution in [0.25, 0.3) is 0 Å². The highest BCUT2D eigenvalue weighted by Crippen LogP contribution is 2.18. The zero-order valence-electron chi connectivity index (χ0n) is 12.0. The van der Waals surface area contributed by atoms with Crippen LogP contribution in [0.2, 0.25) is 0 Å². The molecule has 1 atom stereocenters. The number of anilines is 1. The second kappa shape index (κ2) is 6.52. The first-order valence-electron chi connectivity index (χ1n) is 6.93. The van der Waals surface area contributed by atoms with Gasteiger partial charge in [0.1, 0.15) is 0 Å². The van der Waals surface area contributed by atoms with Gasteiger partial charge in [-0.2, -0.15) is 0 Å². The maximum Gasteiger partial charge on any atom is 0.251 e. The van der Waals surface area contributed by atoms with Crippen molar-refractivity contribution in [2.24, 2.45) is 5.92 Å². The Morgan fingerprint density at radius 3 is 2.80 bits per heavy atom. The topological polar surface area (TPSA) is 70.2 Å². The average molecular weight is 275 g/mol. The van der Waals surface area contributed by atoms with Crippen LogP contribution in [0, 0.1) is 12.8 Å². The summed E-state index contributed by atoms with van der Waals surface area (Å²) in [6, 6.07) is 5.29. The summed E-state index contributed by atoms with van der Waals surface area (Å²) in [5.74, 6) is 0.345. The molecular weight excluding hydrogens is 254 g/mol. The van der Waals surface area contributed by atoms with Crippen LogP contribution in [0.3, 0.4) is 0 Å². The van der Waals surface area contributed by atoms with Crippen LogP contribution in [0.1, 0.15) is 28.8 Å². The van der Waals surface area contributed by atoms with Gasteiger partial charge >= 0.3 is 0 Å². The molecule has 5 heteroatoms. The van der Waals surface area contributed by atoms with E-state index in [1.54, 1.807) is 25.2 Å². The lowest BCUT2D eigenvalue weighted by atomic mass is 10.0. The number of aryl methyl sites for hydroxylation is 1. The van der Waals surface area contributed by atoms with Gasteiger partial charge in [-0.25, -0.2) is 0 Å². The van der Waals surface area contributed by atoms with E-state index in [9.17, 15) is 9.59 Å². The van der Waals surface area contributed by atoms with Gasteiger partial charge < -0.3 is 16.0 Å². The Morgan fingerprint density at radius 1 is 1.40 bits per heavy atom. The summed E-state index contributed by atoms with van der Waals surface area (Å²) in [5.41, 5.74) is 2.26. The van der Waals surface area contributed by atoms with Gasteiger partial charge in [0.05, 0.1) is 0 Å². The van der Waals surface area contributed by atoms with Gasteiger partial charge in [0.15, 0.2) is 0 Å². The second-order valence-corrected chi connectivity index (χ2v) is 5.22. The van der Waals surface area contributed by atoms with E-state index in [-0.39, 0.29) is 11.8 Å². The third kappa shape index (κ3) is 3.57. The molecule has 0 bridgehead atoms. The fraction of sp³-hybridized carbons (Fsp3) is 0.467. The van der Waals surface area contributed by atoms with Crippen molar-refractivity contribution in [3.63, 3.8) is 0 Å². The molecule has 0 spiro atoms. The lowest BCUT2D eigenvalue weighted by molar-refractivity contribution is -0.116. The molecule has 0 radical (unpaired) electrons. The molecule has 1 aliphatic heterocycles. The molecule has 2 rings (SSSR count). The molecule has 0 aliphatic carbocycles. The molecular formula is C15H21N3O2. The monoisotopic (exact) mass is 275 g/mol. The van der Waals surface area contributed by atoms with Crippen molar-refractivity contribution >= 4 is 17.5 Å². The molecule has 1 aliphatic rings. The van der Waals surface area contributed by atoms with Crippen molar-refractivity contribution in [3.05, 3.63) is 29.3 Å². The quantitative estimate of drug-likeness (QED) is 0.775. The zero-order chi connectivity index (χ0) is 14.5. The van der Waals surface area contributed by atoms with Crippen LogP contribution < -0.4 is 16.0 Å². The van der Waals surface area contributed by atoms with E-state index in [0.29, 0.717) is 17.9 Å². The molecule has 1 unspecified atom stereocenters. The summed E-state index contributed by atoms with van der Waals surface area (Å²) in [6.07, 6.45) is 1.60. The van der Waals surface area contributed by atoms with Gasteiger partial charge in [-0.15, -0.1) is 0 Å². The summed E-state index contributed by atoms with van der Waals surface area (Å²) in [4.78, 5) is 23.5. The summed E-state index contributed by atoms with van der Waals surface area (Å²) in [6.45, 7) is 3.80. The molecule has 1 saturated heterocycles. The number of carbonyl (C=O) groups excluding carboxylic acids is 2. The fourth-order valence-corrected chi connectivity index (χ4v) is 2.44. The molecule has 0 aromatic heterocycles. The van der Waals surface area contributed by atoms with Crippen molar-refractivity contribution in [1.82, 2.24) is 10.6 Å². The highest BCUT2D eigenvalue weighted by atomic mass is 16.2. The minimum absolute atomic E-state index is 0.0366. The molecule has 1 heterocycles. The van der Waals surface area contributed by atoms with Gasteiger partial charge in [-0.05, 0) is 56.1 Å². The molecule has 0 saturated carbocycles. The molecule has 20 heavy (non-hydrogen) atoms. The van der Waals surface area contributed by atoms with E-state index < -0.39 is 0 Å². The van der Waals surface area contributed by atoms with Crippen LogP contribution in [0.15, 0.2) is 18.2 Å². The van der Waals surface area contributed by atoms with Gasteiger partial charge in [0.25, 0.3) is 5.91 Å². The number of benzene rings is 1. The third-order valence-corrected chi connectivity index (χ3v) is 3.63. The van der Waals surface area contributed by atoms with Crippen LogP contribution in [0.4, 0.5) is 5.69 Å². The number of carbonyl (C=O) groups is 2. The van der Waals surface area contributed by atoms with E-state index >= 15 is 0 Å². The minimum Gasteiger partial charge on any atom is -0.355 e. The van der Waals surface area contributed by atoms with Crippen molar-refractivity contribution in [2.75, 3.05) is 25.5 Å². The Labute approximate surface area is 119 Å². The molecule has 108 valence electrons.